The SMILES string of the molecule is CCCC(CCC)NS(=O)(=O)c1ccc(C2NC=C(F)C=C2F)cc1. The van der Waals surface area contributed by atoms with Crippen molar-refractivity contribution in [2.24, 2.45) is 0 Å². The fraction of sp³-hybridized carbons (Fsp3) is 0.444. The lowest BCUT2D eigenvalue weighted by Gasteiger charge is -2.20. The van der Waals surface area contributed by atoms with Crippen LogP contribution in [0.5, 0.6) is 0 Å². The van der Waals surface area contributed by atoms with E-state index in [2.05, 4.69) is 10.0 Å². The number of benzene rings is 1. The van der Waals surface area contributed by atoms with E-state index in [1.807, 2.05) is 13.8 Å². The third-order valence-corrected chi connectivity index (χ3v) is 5.60. The van der Waals surface area contributed by atoms with Crippen LogP contribution < -0.4 is 10.0 Å². The topological polar surface area (TPSA) is 58.2 Å². The van der Waals surface area contributed by atoms with E-state index in [0.29, 0.717) is 5.56 Å². The Morgan fingerprint density at radius 1 is 1.12 bits per heavy atom. The number of halogens is 2. The van der Waals surface area contributed by atoms with Crippen LogP contribution in [0.2, 0.25) is 0 Å². The number of allylic oxidation sites excluding steroid dienone is 2. The van der Waals surface area contributed by atoms with Gasteiger partial charge in [0, 0.05) is 18.3 Å². The van der Waals surface area contributed by atoms with Crippen LogP contribution in [0.15, 0.2) is 53.1 Å². The molecule has 1 unspecified atom stereocenters. The van der Waals surface area contributed by atoms with Crippen molar-refractivity contribution in [1.29, 1.82) is 0 Å². The summed E-state index contributed by atoms with van der Waals surface area (Å²) >= 11 is 0. The molecule has 1 aromatic carbocycles. The lowest BCUT2D eigenvalue weighted by atomic mass is 10.0. The summed E-state index contributed by atoms with van der Waals surface area (Å²) in [5.41, 5.74) is 0.523. The highest BCUT2D eigenvalue weighted by Crippen LogP contribution is 2.28. The van der Waals surface area contributed by atoms with Gasteiger partial charge in [-0.3, -0.25) is 0 Å². The van der Waals surface area contributed by atoms with Crippen LogP contribution in [0.1, 0.15) is 51.1 Å². The van der Waals surface area contributed by atoms with E-state index in [4.69, 9.17) is 0 Å². The monoisotopic (exact) mass is 370 g/mol. The number of rotatable bonds is 8. The van der Waals surface area contributed by atoms with E-state index in [1.165, 1.54) is 24.3 Å². The zero-order valence-corrected chi connectivity index (χ0v) is 15.2. The Morgan fingerprint density at radius 3 is 2.24 bits per heavy atom. The van der Waals surface area contributed by atoms with Gasteiger partial charge in [0.25, 0.3) is 0 Å². The van der Waals surface area contributed by atoms with Crippen molar-refractivity contribution in [2.45, 2.75) is 56.5 Å². The molecular formula is C18H24F2N2O2S. The maximum absolute atomic E-state index is 13.8. The molecule has 0 spiro atoms. The molecule has 0 amide bonds. The van der Waals surface area contributed by atoms with E-state index in [-0.39, 0.29) is 10.9 Å². The normalized spacial score (nSPS) is 17.9. The molecule has 1 atom stereocenters. The molecule has 7 heteroatoms. The second-order valence-corrected chi connectivity index (χ2v) is 7.84. The zero-order valence-electron chi connectivity index (χ0n) is 14.4. The molecule has 0 bridgehead atoms. The first-order valence-electron chi connectivity index (χ1n) is 8.48. The molecule has 2 N–H and O–H groups in total. The maximum Gasteiger partial charge on any atom is 0.240 e. The van der Waals surface area contributed by atoms with Crippen LogP contribution in [0.4, 0.5) is 8.78 Å². The van der Waals surface area contributed by atoms with Gasteiger partial charge in [-0.2, -0.15) is 0 Å². The second-order valence-electron chi connectivity index (χ2n) is 6.12. The van der Waals surface area contributed by atoms with Crippen molar-refractivity contribution in [1.82, 2.24) is 10.0 Å². The van der Waals surface area contributed by atoms with Gasteiger partial charge in [-0.15, -0.1) is 0 Å². The van der Waals surface area contributed by atoms with Crippen molar-refractivity contribution >= 4 is 10.0 Å². The van der Waals surface area contributed by atoms with Crippen molar-refractivity contribution in [3.63, 3.8) is 0 Å². The lowest BCUT2D eigenvalue weighted by molar-refractivity contribution is 0.488. The third kappa shape index (κ3) is 5.12. The molecule has 1 aliphatic heterocycles. The molecule has 1 aliphatic rings. The molecular weight excluding hydrogens is 346 g/mol. The van der Waals surface area contributed by atoms with E-state index >= 15 is 0 Å². The van der Waals surface area contributed by atoms with Gasteiger partial charge in [0.05, 0.1) is 4.90 Å². The van der Waals surface area contributed by atoms with Gasteiger partial charge in [0.1, 0.15) is 17.7 Å². The number of hydrogen-bond donors (Lipinski definition) is 2. The van der Waals surface area contributed by atoms with Gasteiger partial charge >= 0.3 is 0 Å². The number of sulfonamides is 1. The van der Waals surface area contributed by atoms with Crippen LogP contribution in [0, 0.1) is 0 Å². The summed E-state index contributed by atoms with van der Waals surface area (Å²) in [6.45, 7) is 4.03. The highest BCUT2D eigenvalue weighted by atomic mass is 32.2. The molecule has 1 aromatic rings. The average Bonchev–Trinajstić information content (AvgIpc) is 2.55. The first-order valence-corrected chi connectivity index (χ1v) is 9.96. The van der Waals surface area contributed by atoms with Crippen LogP contribution >= 0.6 is 0 Å². The Bertz CT molecular complexity index is 737. The van der Waals surface area contributed by atoms with Crippen LogP contribution in [0.25, 0.3) is 0 Å². The predicted octanol–water partition coefficient (Wildman–Crippen LogP) is 4.24. The second kappa shape index (κ2) is 8.58. The Morgan fingerprint density at radius 2 is 1.72 bits per heavy atom. The quantitative estimate of drug-likeness (QED) is 0.719. The molecule has 0 radical (unpaired) electrons. The molecule has 25 heavy (non-hydrogen) atoms. The Hall–Kier alpha value is -1.73. The molecule has 0 saturated carbocycles. The molecule has 1 heterocycles. The fourth-order valence-corrected chi connectivity index (χ4v) is 4.15. The highest BCUT2D eigenvalue weighted by Gasteiger charge is 2.22. The number of dihydropyridines is 1. The molecule has 0 fully saturated rings. The summed E-state index contributed by atoms with van der Waals surface area (Å²) in [5, 5.41) is 2.61. The maximum atomic E-state index is 13.8. The van der Waals surface area contributed by atoms with E-state index in [0.717, 1.165) is 38.0 Å². The van der Waals surface area contributed by atoms with E-state index in [9.17, 15) is 17.2 Å². The predicted molar refractivity (Wildman–Crippen MR) is 94.6 cm³/mol. The van der Waals surface area contributed by atoms with Crippen molar-refractivity contribution in [3.05, 3.63) is 53.8 Å². The zero-order chi connectivity index (χ0) is 18.4. The first kappa shape index (κ1) is 19.6. The standard InChI is InChI=1S/C18H24F2N2O2S/c1-3-5-15(6-4-2)22-25(23,24)16-9-7-13(8-10-16)18-17(20)11-14(19)12-21-18/h7-12,15,18,21-22H,3-6H2,1-2H3. The Labute approximate surface area is 148 Å². The van der Waals surface area contributed by atoms with Gasteiger partial charge in [0.2, 0.25) is 10.0 Å². The molecule has 2 rings (SSSR count). The molecule has 0 aromatic heterocycles. The molecule has 138 valence electrons. The highest BCUT2D eigenvalue weighted by molar-refractivity contribution is 7.89. The largest absolute Gasteiger partial charge is 0.376 e. The van der Waals surface area contributed by atoms with E-state index < -0.39 is 27.7 Å². The summed E-state index contributed by atoms with van der Waals surface area (Å²) in [4.78, 5) is 0.135. The summed E-state index contributed by atoms with van der Waals surface area (Å²) in [6.07, 6.45) is 5.26. The van der Waals surface area contributed by atoms with Gasteiger partial charge < -0.3 is 5.32 Å². The smallest absolute Gasteiger partial charge is 0.240 e. The minimum Gasteiger partial charge on any atom is -0.376 e. The van der Waals surface area contributed by atoms with Crippen molar-refractivity contribution in [2.75, 3.05) is 0 Å². The third-order valence-electron chi connectivity index (χ3n) is 4.06. The number of nitrogens with one attached hydrogen (secondary N) is 2. The van der Waals surface area contributed by atoms with E-state index in [1.54, 1.807) is 0 Å². The Kier molecular flexibility index (Phi) is 6.72. The minimum absolute atomic E-state index is 0.0897. The summed E-state index contributed by atoms with van der Waals surface area (Å²) < 4.78 is 54.6. The van der Waals surface area contributed by atoms with Crippen LogP contribution in [0.3, 0.4) is 0 Å². The van der Waals surface area contributed by atoms with Gasteiger partial charge in [-0.05, 0) is 30.5 Å². The van der Waals surface area contributed by atoms with Crippen molar-refractivity contribution in [3.8, 4) is 0 Å². The summed E-state index contributed by atoms with van der Waals surface area (Å²) in [6, 6.07) is 5.05. The van der Waals surface area contributed by atoms with Crippen LogP contribution in [-0.2, 0) is 10.0 Å². The Balaban J connectivity index is 2.14. The molecule has 4 nitrogen and oxygen atoms in total. The number of hydrogen-bond acceptors (Lipinski definition) is 3. The van der Waals surface area contributed by atoms with Gasteiger partial charge in [0.15, 0.2) is 0 Å². The first-order chi connectivity index (χ1) is 11.9. The summed E-state index contributed by atoms with van der Waals surface area (Å²) in [5.74, 6) is -1.34. The minimum atomic E-state index is -3.62. The molecule has 0 saturated heterocycles. The lowest BCUT2D eigenvalue weighted by Crippen LogP contribution is -2.34. The van der Waals surface area contributed by atoms with Gasteiger partial charge in [-0.1, -0.05) is 38.8 Å². The fourth-order valence-electron chi connectivity index (χ4n) is 2.84. The van der Waals surface area contributed by atoms with Crippen molar-refractivity contribution < 1.29 is 17.2 Å². The average molecular weight is 370 g/mol. The molecule has 0 aliphatic carbocycles. The van der Waals surface area contributed by atoms with Crippen LogP contribution in [-0.4, -0.2) is 14.5 Å². The van der Waals surface area contributed by atoms with Gasteiger partial charge in [-0.25, -0.2) is 21.9 Å². The summed E-state index contributed by atoms with van der Waals surface area (Å²) in [7, 11) is -3.62.